The first-order valence-electron chi connectivity index (χ1n) is 7.74. The largest absolute Gasteiger partial charge is 0.469 e. The number of hydrogen-bond donors (Lipinski definition) is 1. The lowest BCUT2D eigenvalue weighted by molar-refractivity contribution is -0.148. The quantitative estimate of drug-likeness (QED) is 0.868. The molecular weight excluding hydrogens is 282 g/mol. The molecule has 3 rings (SSSR count). The average molecular weight is 303 g/mol. The zero-order chi connectivity index (χ0) is 15.5. The summed E-state index contributed by atoms with van der Waals surface area (Å²) in [5.74, 6) is 0.240. The molecule has 0 aliphatic heterocycles. The lowest BCUT2D eigenvalue weighted by Gasteiger charge is -2.29. The van der Waals surface area contributed by atoms with Crippen molar-refractivity contribution in [1.29, 1.82) is 0 Å². The number of methoxy groups -OCH3 is 1. The molecule has 2 saturated carbocycles. The van der Waals surface area contributed by atoms with Gasteiger partial charge >= 0.3 is 12.1 Å². The third kappa shape index (κ3) is 2.93. The van der Waals surface area contributed by atoms with Crippen LogP contribution in [0, 0.1) is 17.8 Å². The SMILES string of the molecule is COC(=O)[C@@H]1C2CCC(C2)[C@H]1NC(=O)OCc1ccccc1. The maximum absolute atomic E-state index is 12.0. The summed E-state index contributed by atoms with van der Waals surface area (Å²) in [5, 5.41) is 2.88. The lowest BCUT2D eigenvalue weighted by Crippen LogP contribution is -2.47. The van der Waals surface area contributed by atoms with Crippen molar-refractivity contribution in [3.05, 3.63) is 35.9 Å². The highest BCUT2D eigenvalue weighted by molar-refractivity contribution is 5.76. The standard InChI is InChI=1S/C17H21NO4/c1-21-16(19)14-12-7-8-13(9-12)15(14)18-17(20)22-10-11-5-3-2-4-6-11/h2-6,12-15H,7-10H2,1H3,(H,18,20)/t12?,13?,14-,15-/m1/s1. The van der Waals surface area contributed by atoms with Crippen LogP contribution in [0.15, 0.2) is 30.3 Å². The predicted molar refractivity (Wildman–Crippen MR) is 79.9 cm³/mol. The zero-order valence-corrected chi connectivity index (χ0v) is 12.7. The van der Waals surface area contributed by atoms with E-state index in [1.807, 2.05) is 30.3 Å². The Kier molecular flexibility index (Phi) is 4.32. The van der Waals surface area contributed by atoms with E-state index in [1.165, 1.54) is 7.11 Å². The molecule has 1 N–H and O–H groups in total. The number of fused-ring (bicyclic) bond motifs is 2. The zero-order valence-electron chi connectivity index (χ0n) is 12.7. The minimum atomic E-state index is -0.463. The molecule has 0 saturated heterocycles. The maximum atomic E-state index is 12.0. The predicted octanol–water partition coefficient (Wildman–Crippen LogP) is 2.50. The van der Waals surface area contributed by atoms with Gasteiger partial charge in [-0.15, -0.1) is 0 Å². The second-order valence-electron chi connectivity index (χ2n) is 6.11. The van der Waals surface area contributed by atoms with Gasteiger partial charge in [0.2, 0.25) is 0 Å². The number of carbonyl (C=O) groups is 2. The maximum Gasteiger partial charge on any atom is 0.407 e. The van der Waals surface area contributed by atoms with Crippen LogP contribution in [0.2, 0.25) is 0 Å². The van der Waals surface area contributed by atoms with Crippen LogP contribution in [0.1, 0.15) is 24.8 Å². The first kappa shape index (κ1) is 14.9. The second-order valence-corrected chi connectivity index (χ2v) is 6.11. The Labute approximate surface area is 130 Å². The molecular formula is C17H21NO4. The number of alkyl carbamates (subject to hydrolysis) is 1. The van der Waals surface area contributed by atoms with Gasteiger partial charge in [0.1, 0.15) is 6.61 Å². The van der Waals surface area contributed by atoms with Crippen LogP contribution >= 0.6 is 0 Å². The minimum Gasteiger partial charge on any atom is -0.469 e. The first-order valence-corrected chi connectivity index (χ1v) is 7.74. The smallest absolute Gasteiger partial charge is 0.407 e. The molecule has 2 aliphatic rings. The molecule has 5 heteroatoms. The van der Waals surface area contributed by atoms with Gasteiger partial charge in [0.05, 0.1) is 13.0 Å². The topological polar surface area (TPSA) is 64.6 Å². The van der Waals surface area contributed by atoms with E-state index in [0.717, 1.165) is 24.8 Å². The van der Waals surface area contributed by atoms with Crippen LogP contribution in [0.25, 0.3) is 0 Å². The van der Waals surface area contributed by atoms with E-state index in [4.69, 9.17) is 9.47 Å². The summed E-state index contributed by atoms with van der Waals surface area (Å²) in [7, 11) is 1.40. The van der Waals surface area contributed by atoms with Gasteiger partial charge in [-0.25, -0.2) is 4.79 Å². The van der Waals surface area contributed by atoms with Crippen molar-refractivity contribution in [3.63, 3.8) is 0 Å². The van der Waals surface area contributed by atoms with E-state index in [1.54, 1.807) is 0 Å². The molecule has 2 fully saturated rings. The third-order valence-electron chi connectivity index (χ3n) is 4.89. The van der Waals surface area contributed by atoms with E-state index in [0.29, 0.717) is 11.8 Å². The van der Waals surface area contributed by atoms with Crippen LogP contribution in [-0.4, -0.2) is 25.2 Å². The Balaban J connectivity index is 1.57. The van der Waals surface area contributed by atoms with Crippen molar-refractivity contribution in [2.24, 2.45) is 17.8 Å². The van der Waals surface area contributed by atoms with Crippen molar-refractivity contribution in [3.8, 4) is 0 Å². The fourth-order valence-corrected chi connectivity index (χ4v) is 3.88. The monoisotopic (exact) mass is 303 g/mol. The van der Waals surface area contributed by atoms with Gasteiger partial charge in [-0.3, -0.25) is 4.79 Å². The molecule has 1 amide bonds. The van der Waals surface area contributed by atoms with Crippen molar-refractivity contribution < 1.29 is 19.1 Å². The Bertz CT molecular complexity index is 545. The molecule has 0 aromatic heterocycles. The van der Waals surface area contributed by atoms with Gasteiger partial charge in [0.15, 0.2) is 0 Å². The summed E-state index contributed by atoms with van der Waals surface area (Å²) in [4.78, 5) is 24.0. The molecule has 2 aliphatic carbocycles. The number of benzene rings is 1. The van der Waals surface area contributed by atoms with Crippen molar-refractivity contribution in [2.75, 3.05) is 7.11 Å². The van der Waals surface area contributed by atoms with Crippen molar-refractivity contribution in [2.45, 2.75) is 31.9 Å². The molecule has 2 bridgehead atoms. The summed E-state index contributed by atoms with van der Waals surface area (Å²) >= 11 is 0. The second kappa shape index (κ2) is 6.38. The molecule has 118 valence electrons. The molecule has 1 aromatic rings. The number of esters is 1. The fraction of sp³-hybridized carbons (Fsp3) is 0.529. The van der Waals surface area contributed by atoms with Crippen LogP contribution < -0.4 is 5.32 Å². The van der Waals surface area contributed by atoms with Gasteiger partial charge in [0, 0.05) is 6.04 Å². The number of ether oxygens (including phenoxy) is 2. The molecule has 2 unspecified atom stereocenters. The number of rotatable bonds is 4. The Morgan fingerprint density at radius 1 is 1.18 bits per heavy atom. The highest BCUT2D eigenvalue weighted by Crippen LogP contribution is 2.48. The summed E-state index contributed by atoms with van der Waals surface area (Å²) < 4.78 is 10.2. The normalized spacial score (nSPS) is 29.1. The van der Waals surface area contributed by atoms with Crippen molar-refractivity contribution >= 4 is 12.1 Å². The van der Waals surface area contributed by atoms with Crippen LogP contribution in [0.5, 0.6) is 0 Å². The molecule has 0 spiro atoms. The van der Waals surface area contributed by atoms with Gasteiger partial charge < -0.3 is 14.8 Å². The van der Waals surface area contributed by atoms with Gasteiger partial charge in [-0.05, 0) is 36.7 Å². The highest BCUT2D eigenvalue weighted by Gasteiger charge is 2.52. The first-order chi connectivity index (χ1) is 10.7. The summed E-state index contributed by atoms with van der Waals surface area (Å²) in [6, 6.07) is 9.37. The van der Waals surface area contributed by atoms with E-state index in [2.05, 4.69) is 5.32 Å². The Morgan fingerprint density at radius 3 is 2.64 bits per heavy atom. The van der Waals surface area contributed by atoms with Crippen LogP contribution in [-0.2, 0) is 20.9 Å². The number of amides is 1. The third-order valence-corrected chi connectivity index (χ3v) is 4.89. The van der Waals surface area contributed by atoms with E-state index < -0.39 is 6.09 Å². The number of hydrogen-bond acceptors (Lipinski definition) is 4. The van der Waals surface area contributed by atoms with Gasteiger partial charge in [-0.1, -0.05) is 30.3 Å². The van der Waals surface area contributed by atoms with E-state index in [-0.39, 0.29) is 24.5 Å². The Hall–Kier alpha value is -2.04. The fourth-order valence-electron chi connectivity index (χ4n) is 3.88. The average Bonchev–Trinajstić information content (AvgIpc) is 3.14. The number of nitrogens with one attached hydrogen (secondary N) is 1. The lowest BCUT2D eigenvalue weighted by atomic mass is 9.84. The van der Waals surface area contributed by atoms with Crippen LogP contribution in [0.4, 0.5) is 4.79 Å². The van der Waals surface area contributed by atoms with Crippen LogP contribution in [0.3, 0.4) is 0 Å². The number of carbonyl (C=O) groups excluding carboxylic acids is 2. The molecule has 0 heterocycles. The molecule has 1 aromatic carbocycles. The van der Waals surface area contributed by atoms with Gasteiger partial charge in [0.25, 0.3) is 0 Å². The molecule has 0 radical (unpaired) electrons. The molecule has 5 nitrogen and oxygen atoms in total. The Morgan fingerprint density at radius 2 is 1.91 bits per heavy atom. The molecule has 22 heavy (non-hydrogen) atoms. The summed E-state index contributed by atoms with van der Waals surface area (Å²) in [5.41, 5.74) is 0.940. The molecule has 4 atom stereocenters. The van der Waals surface area contributed by atoms with Gasteiger partial charge in [-0.2, -0.15) is 0 Å². The van der Waals surface area contributed by atoms with Crippen molar-refractivity contribution in [1.82, 2.24) is 5.32 Å². The van der Waals surface area contributed by atoms with E-state index in [9.17, 15) is 9.59 Å². The summed E-state index contributed by atoms with van der Waals surface area (Å²) in [6.45, 7) is 0.233. The minimum absolute atomic E-state index is 0.158. The summed E-state index contributed by atoms with van der Waals surface area (Å²) in [6.07, 6.45) is 2.63. The highest BCUT2D eigenvalue weighted by atomic mass is 16.5. The van der Waals surface area contributed by atoms with E-state index >= 15 is 0 Å².